The van der Waals surface area contributed by atoms with E-state index in [1.54, 1.807) is 0 Å². The Kier molecular flexibility index (Phi) is 5.23. The van der Waals surface area contributed by atoms with Crippen molar-refractivity contribution < 1.29 is 4.74 Å². The second-order valence-corrected chi connectivity index (χ2v) is 7.90. The lowest BCUT2D eigenvalue weighted by atomic mass is 9.93. The van der Waals surface area contributed by atoms with Crippen molar-refractivity contribution in [2.75, 3.05) is 32.8 Å². The Bertz CT molecular complexity index is 619. The summed E-state index contributed by atoms with van der Waals surface area (Å²) in [5.74, 6) is 0.661. The highest BCUT2D eigenvalue weighted by atomic mass is 32.1. The molecule has 0 spiro atoms. The number of aromatic nitrogens is 1. The van der Waals surface area contributed by atoms with Crippen LogP contribution >= 0.6 is 11.3 Å². The van der Waals surface area contributed by atoms with E-state index in [1.807, 2.05) is 23.7 Å². The van der Waals surface area contributed by atoms with Crippen molar-refractivity contribution in [2.24, 2.45) is 5.92 Å². The van der Waals surface area contributed by atoms with E-state index < -0.39 is 0 Å². The van der Waals surface area contributed by atoms with Crippen LogP contribution < -0.4 is 0 Å². The van der Waals surface area contributed by atoms with Gasteiger partial charge in [-0.2, -0.15) is 0 Å². The first-order chi connectivity index (χ1) is 11.9. The number of fused-ring (bicyclic) bond motifs is 1. The lowest BCUT2D eigenvalue weighted by molar-refractivity contribution is -0.0239. The third-order valence-electron chi connectivity index (χ3n) is 5.13. The average Bonchev–Trinajstić information content (AvgIpc) is 3.02. The Morgan fingerprint density at radius 1 is 1.08 bits per heavy atom. The van der Waals surface area contributed by atoms with Crippen molar-refractivity contribution in [1.29, 1.82) is 0 Å². The highest BCUT2D eigenvalue weighted by Gasteiger charge is 2.33. The fourth-order valence-corrected chi connectivity index (χ4v) is 4.59. The molecule has 2 atom stereocenters. The van der Waals surface area contributed by atoms with E-state index in [-0.39, 0.29) is 0 Å². The minimum Gasteiger partial charge on any atom is -0.375 e. The Balaban J connectivity index is 1.34. The van der Waals surface area contributed by atoms with Gasteiger partial charge in [0.05, 0.1) is 12.7 Å². The molecule has 0 aromatic carbocycles. The van der Waals surface area contributed by atoms with Crippen molar-refractivity contribution in [2.45, 2.75) is 25.6 Å². The van der Waals surface area contributed by atoms with Gasteiger partial charge in [0.25, 0.3) is 0 Å². The molecule has 0 bridgehead atoms. The quantitative estimate of drug-likeness (QED) is 0.853. The van der Waals surface area contributed by atoms with Gasteiger partial charge in [-0.15, -0.1) is 11.3 Å². The molecule has 2 fully saturated rings. The number of hydrogen-bond acceptors (Lipinski definition) is 5. The number of thiophene rings is 1. The standard InChI is InChI=1S/C19H25N3OS/c1-2-18(24-11-1)14-21-8-5-17-13-22(9-10-23-19(17)15-21)12-16-3-6-20-7-4-16/h1-4,6-7,11,17,19H,5,8-10,12-15H2/t17-,19-/m0/s1. The minimum absolute atomic E-state index is 0.390. The maximum Gasteiger partial charge on any atom is 0.0743 e. The van der Waals surface area contributed by atoms with Gasteiger partial charge in [-0.05, 0) is 42.1 Å². The third-order valence-corrected chi connectivity index (χ3v) is 5.99. The summed E-state index contributed by atoms with van der Waals surface area (Å²) in [6.45, 7) is 7.37. The first kappa shape index (κ1) is 16.2. The molecule has 0 aliphatic carbocycles. The summed E-state index contributed by atoms with van der Waals surface area (Å²) >= 11 is 1.86. The summed E-state index contributed by atoms with van der Waals surface area (Å²) in [7, 11) is 0. The molecule has 24 heavy (non-hydrogen) atoms. The van der Waals surface area contributed by atoms with E-state index in [4.69, 9.17) is 4.74 Å². The molecule has 0 amide bonds. The number of rotatable bonds is 4. The molecule has 128 valence electrons. The molecule has 0 N–H and O–H groups in total. The van der Waals surface area contributed by atoms with Gasteiger partial charge in [0.1, 0.15) is 0 Å². The van der Waals surface area contributed by atoms with Gasteiger partial charge in [-0.3, -0.25) is 14.8 Å². The van der Waals surface area contributed by atoms with Crippen LogP contribution in [0.25, 0.3) is 0 Å². The zero-order chi connectivity index (χ0) is 16.2. The molecular formula is C19H25N3OS. The second kappa shape index (κ2) is 7.74. The average molecular weight is 343 g/mol. The normalized spacial score (nSPS) is 26.0. The summed E-state index contributed by atoms with van der Waals surface area (Å²) in [5.41, 5.74) is 1.35. The Morgan fingerprint density at radius 2 is 1.96 bits per heavy atom. The first-order valence-corrected chi connectivity index (χ1v) is 9.72. The Labute approximate surface area is 148 Å². The van der Waals surface area contributed by atoms with Gasteiger partial charge in [-0.1, -0.05) is 6.07 Å². The predicted molar refractivity (Wildman–Crippen MR) is 97.0 cm³/mol. The monoisotopic (exact) mass is 343 g/mol. The van der Waals surface area contributed by atoms with E-state index in [0.717, 1.165) is 39.3 Å². The Morgan fingerprint density at radius 3 is 2.79 bits per heavy atom. The van der Waals surface area contributed by atoms with Gasteiger partial charge in [-0.25, -0.2) is 0 Å². The molecule has 0 unspecified atom stereocenters. The molecule has 4 rings (SSSR count). The van der Waals surface area contributed by atoms with Crippen LogP contribution in [0.3, 0.4) is 0 Å². The molecule has 0 saturated carbocycles. The van der Waals surface area contributed by atoms with E-state index in [0.29, 0.717) is 12.0 Å². The fraction of sp³-hybridized carbons (Fsp3) is 0.526. The molecule has 5 heteroatoms. The van der Waals surface area contributed by atoms with Crippen molar-refractivity contribution in [3.05, 3.63) is 52.5 Å². The Hall–Kier alpha value is -1.27. The number of ether oxygens (including phenoxy) is 1. The highest BCUT2D eigenvalue weighted by Crippen LogP contribution is 2.26. The van der Waals surface area contributed by atoms with Crippen LogP contribution in [0.4, 0.5) is 0 Å². The molecule has 0 radical (unpaired) electrons. The maximum atomic E-state index is 6.23. The van der Waals surface area contributed by atoms with Gasteiger partial charge < -0.3 is 4.74 Å². The molecule has 2 aliphatic rings. The van der Waals surface area contributed by atoms with Crippen molar-refractivity contribution >= 4 is 11.3 Å². The second-order valence-electron chi connectivity index (χ2n) is 6.86. The van der Waals surface area contributed by atoms with Crippen LogP contribution in [0.15, 0.2) is 42.0 Å². The summed E-state index contributed by atoms with van der Waals surface area (Å²) in [6, 6.07) is 8.62. The maximum absolute atomic E-state index is 6.23. The van der Waals surface area contributed by atoms with Crippen molar-refractivity contribution in [1.82, 2.24) is 14.8 Å². The minimum atomic E-state index is 0.390. The molecule has 4 nitrogen and oxygen atoms in total. The summed E-state index contributed by atoms with van der Waals surface area (Å²) < 4.78 is 6.23. The predicted octanol–water partition coefficient (Wildman–Crippen LogP) is 2.87. The van der Waals surface area contributed by atoms with Gasteiger partial charge in [0.15, 0.2) is 0 Å². The summed E-state index contributed by atoms with van der Waals surface area (Å²) in [6.07, 6.45) is 5.40. The van der Waals surface area contributed by atoms with Gasteiger partial charge >= 0.3 is 0 Å². The van der Waals surface area contributed by atoms with Gasteiger partial charge in [0, 0.05) is 55.9 Å². The van der Waals surface area contributed by atoms with Crippen LogP contribution in [0.2, 0.25) is 0 Å². The van der Waals surface area contributed by atoms with Crippen molar-refractivity contribution in [3.8, 4) is 0 Å². The zero-order valence-electron chi connectivity index (χ0n) is 14.0. The van der Waals surface area contributed by atoms with Gasteiger partial charge in [0.2, 0.25) is 0 Å². The zero-order valence-corrected chi connectivity index (χ0v) is 14.8. The van der Waals surface area contributed by atoms with Crippen LogP contribution in [0, 0.1) is 5.92 Å². The largest absolute Gasteiger partial charge is 0.375 e. The van der Waals surface area contributed by atoms with E-state index in [1.165, 1.54) is 23.4 Å². The number of nitrogens with zero attached hydrogens (tertiary/aromatic N) is 3. The smallest absolute Gasteiger partial charge is 0.0743 e. The topological polar surface area (TPSA) is 28.6 Å². The number of piperidine rings is 1. The van der Waals surface area contributed by atoms with Crippen LogP contribution in [0.1, 0.15) is 16.9 Å². The first-order valence-electron chi connectivity index (χ1n) is 8.84. The van der Waals surface area contributed by atoms with Crippen LogP contribution in [-0.2, 0) is 17.8 Å². The van der Waals surface area contributed by atoms with Crippen LogP contribution in [0.5, 0.6) is 0 Å². The van der Waals surface area contributed by atoms with Crippen molar-refractivity contribution in [3.63, 3.8) is 0 Å². The van der Waals surface area contributed by atoms with E-state index in [9.17, 15) is 0 Å². The molecule has 2 saturated heterocycles. The number of likely N-dealkylation sites (tertiary alicyclic amines) is 1. The molecule has 2 aliphatic heterocycles. The van der Waals surface area contributed by atoms with E-state index >= 15 is 0 Å². The molecule has 2 aromatic heterocycles. The number of pyridine rings is 1. The third kappa shape index (κ3) is 4.03. The lowest BCUT2D eigenvalue weighted by Crippen LogP contribution is -2.46. The SMILES string of the molecule is c1csc(CN2CC[C@H]3CN(Cc4ccncc4)CCO[C@H]3C2)c1. The number of hydrogen-bond donors (Lipinski definition) is 0. The lowest BCUT2D eigenvalue weighted by Gasteiger charge is -2.37. The molecule has 2 aromatic rings. The molecular weight excluding hydrogens is 318 g/mol. The van der Waals surface area contributed by atoms with Crippen LogP contribution in [-0.4, -0.2) is 53.7 Å². The fourth-order valence-electron chi connectivity index (χ4n) is 3.84. The summed E-state index contributed by atoms with van der Waals surface area (Å²) in [5, 5.41) is 2.17. The highest BCUT2D eigenvalue weighted by molar-refractivity contribution is 7.09. The van der Waals surface area contributed by atoms with E-state index in [2.05, 4.69) is 44.4 Å². The molecule has 4 heterocycles. The summed E-state index contributed by atoms with van der Waals surface area (Å²) in [4.78, 5) is 10.7.